The van der Waals surface area contributed by atoms with Crippen molar-refractivity contribution in [2.45, 2.75) is 0 Å². The lowest BCUT2D eigenvalue weighted by molar-refractivity contribution is 0.662. The summed E-state index contributed by atoms with van der Waals surface area (Å²) in [6.45, 7) is 0. The molecule has 4 aromatic heterocycles. The Labute approximate surface area is 295 Å². The van der Waals surface area contributed by atoms with Gasteiger partial charge in [0.25, 0.3) is 0 Å². The summed E-state index contributed by atoms with van der Waals surface area (Å²) in [5.41, 5.74) is 13.5. The zero-order chi connectivity index (χ0) is 33.9. The predicted octanol–water partition coefficient (Wildman–Crippen LogP) is 14.3. The minimum Gasteiger partial charge on any atom is -0.456 e. The minimum absolute atomic E-state index is 0.806. The van der Waals surface area contributed by atoms with Crippen LogP contribution in [0, 0.1) is 0 Å². The maximum absolute atomic E-state index is 6.58. The summed E-state index contributed by atoms with van der Waals surface area (Å²) in [4.78, 5) is 0. The van der Waals surface area contributed by atoms with E-state index in [1.807, 2.05) is 12.1 Å². The first-order valence-corrected chi connectivity index (χ1v) is 17.5. The standard InChI is InChI=1S/C48H26O4/c1-3-7-27(8-4-1)29-11-17-39-35(23-29)33-15-21-43-45(47(33)51-39)37-25-31(13-19-41(37)49-43)32-14-20-42-38(26-32)46-44(50-42)22-16-34-36-24-30(28-9-5-2-6-10-28)12-18-40(36)52-48(34)46/h1-26H. The van der Waals surface area contributed by atoms with Gasteiger partial charge in [-0.05, 0) is 106 Å². The van der Waals surface area contributed by atoms with Gasteiger partial charge in [0.1, 0.15) is 44.7 Å². The molecule has 0 fully saturated rings. The third-order valence-electron chi connectivity index (χ3n) is 10.7. The van der Waals surface area contributed by atoms with Crippen molar-refractivity contribution in [3.8, 4) is 33.4 Å². The first-order chi connectivity index (χ1) is 25.7. The summed E-state index contributed by atoms with van der Waals surface area (Å²) < 4.78 is 25.9. The van der Waals surface area contributed by atoms with Crippen LogP contribution in [0.1, 0.15) is 0 Å². The second kappa shape index (κ2) is 10.3. The zero-order valence-electron chi connectivity index (χ0n) is 27.6. The van der Waals surface area contributed by atoms with Crippen LogP contribution in [-0.2, 0) is 0 Å². The molecule has 0 N–H and O–H groups in total. The number of furan rings is 4. The summed E-state index contributed by atoms with van der Waals surface area (Å²) in [7, 11) is 0. The van der Waals surface area contributed by atoms with E-state index in [2.05, 4.69) is 146 Å². The maximum Gasteiger partial charge on any atom is 0.147 e. The molecule has 0 aliphatic heterocycles. The van der Waals surface area contributed by atoms with Gasteiger partial charge in [-0.3, -0.25) is 0 Å². The molecule has 0 amide bonds. The van der Waals surface area contributed by atoms with E-state index in [-0.39, 0.29) is 0 Å². The van der Waals surface area contributed by atoms with Gasteiger partial charge in [-0.25, -0.2) is 0 Å². The normalized spacial score (nSPS) is 12.2. The van der Waals surface area contributed by atoms with E-state index in [1.54, 1.807) is 0 Å². The van der Waals surface area contributed by atoms with E-state index in [0.29, 0.717) is 0 Å². The Bertz CT molecular complexity index is 3160. The first kappa shape index (κ1) is 27.7. The Morgan fingerprint density at radius 1 is 0.231 bits per heavy atom. The van der Waals surface area contributed by atoms with Crippen molar-refractivity contribution in [3.05, 3.63) is 158 Å². The van der Waals surface area contributed by atoms with Gasteiger partial charge < -0.3 is 17.7 Å². The number of rotatable bonds is 3. The topological polar surface area (TPSA) is 52.6 Å². The smallest absolute Gasteiger partial charge is 0.147 e. The maximum atomic E-state index is 6.58. The molecule has 242 valence electrons. The average molecular weight is 667 g/mol. The largest absolute Gasteiger partial charge is 0.456 e. The third kappa shape index (κ3) is 3.92. The van der Waals surface area contributed by atoms with Gasteiger partial charge in [0, 0.05) is 32.3 Å². The average Bonchev–Trinajstić information content (AvgIpc) is 3.97. The van der Waals surface area contributed by atoms with Gasteiger partial charge in [0.15, 0.2) is 0 Å². The molecule has 8 aromatic carbocycles. The van der Waals surface area contributed by atoms with Crippen LogP contribution in [0.25, 0.3) is 121 Å². The Morgan fingerprint density at radius 2 is 0.577 bits per heavy atom. The van der Waals surface area contributed by atoms with Crippen LogP contribution in [0.15, 0.2) is 175 Å². The summed E-state index contributed by atoms with van der Waals surface area (Å²) in [5, 5.41) is 8.35. The number of benzene rings is 8. The molecule has 0 spiro atoms. The van der Waals surface area contributed by atoms with Gasteiger partial charge in [0.2, 0.25) is 0 Å². The fourth-order valence-corrected chi connectivity index (χ4v) is 8.17. The Morgan fingerprint density at radius 3 is 1.00 bits per heavy atom. The van der Waals surface area contributed by atoms with Crippen molar-refractivity contribution in [2.24, 2.45) is 0 Å². The molecule has 4 heterocycles. The van der Waals surface area contributed by atoms with Gasteiger partial charge >= 0.3 is 0 Å². The second-order valence-electron chi connectivity index (χ2n) is 13.6. The lowest BCUT2D eigenvalue weighted by atomic mass is 9.99. The van der Waals surface area contributed by atoms with Crippen LogP contribution in [0.3, 0.4) is 0 Å². The third-order valence-corrected chi connectivity index (χ3v) is 10.7. The molecule has 12 aromatic rings. The molecule has 12 rings (SSSR count). The summed E-state index contributed by atoms with van der Waals surface area (Å²) in [6.07, 6.45) is 0. The summed E-state index contributed by atoms with van der Waals surface area (Å²) in [5.74, 6) is 0. The lowest BCUT2D eigenvalue weighted by Gasteiger charge is -2.03. The molecular formula is C48H26O4. The van der Waals surface area contributed by atoms with E-state index in [1.165, 1.54) is 11.1 Å². The number of hydrogen-bond donors (Lipinski definition) is 0. The Kier molecular flexibility index (Phi) is 5.47. The molecule has 0 aliphatic rings. The Hall–Kier alpha value is -7.04. The summed E-state index contributed by atoms with van der Waals surface area (Å²) in [6, 6.07) is 54.9. The van der Waals surface area contributed by atoms with Crippen molar-refractivity contribution in [1.29, 1.82) is 0 Å². The fourth-order valence-electron chi connectivity index (χ4n) is 8.17. The summed E-state index contributed by atoms with van der Waals surface area (Å²) >= 11 is 0. The molecule has 0 bridgehead atoms. The number of hydrogen-bond acceptors (Lipinski definition) is 4. The van der Waals surface area contributed by atoms with E-state index in [4.69, 9.17) is 17.7 Å². The molecular weight excluding hydrogens is 641 g/mol. The van der Waals surface area contributed by atoms with E-state index < -0.39 is 0 Å². The van der Waals surface area contributed by atoms with Crippen LogP contribution in [0.5, 0.6) is 0 Å². The predicted molar refractivity (Wildman–Crippen MR) is 212 cm³/mol. The van der Waals surface area contributed by atoms with Crippen LogP contribution in [0.4, 0.5) is 0 Å². The van der Waals surface area contributed by atoms with E-state index in [9.17, 15) is 0 Å². The number of fused-ring (bicyclic) bond motifs is 14. The second-order valence-corrected chi connectivity index (χ2v) is 13.6. The lowest BCUT2D eigenvalue weighted by Crippen LogP contribution is -1.79. The van der Waals surface area contributed by atoms with Crippen molar-refractivity contribution in [1.82, 2.24) is 0 Å². The Balaban J connectivity index is 1.03. The van der Waals surface area contributed by atoms with Gasteiger partial charge in [-0.15, -0.1) is 0 Å². The highest BCUT2D eigenvalue weighted by molar-refractivity contribution is 6.24. The van der Waals surface area contributed by atoms with Gasteiger partial charge in [0.05, 0.1) is 10.8 Å². The fraction of sp³-hybridized carbons (Fsp3) is 0. The van der Waals surface area contributed by atoms with Crippen molar-refractivity contribution in [3.63, 3.8) is 0 Å². The first-order valence-electron chi connectivity index (χ1n) is 17.5. The van der Waals surface area contributed by atoms with Crippen molar-refractivity contribution < 1.29 is 17.7 Å². The monoisotopic (exact) mass is 666 g/mol. The minimum atomic E-state index is 0.806. The molecule has 0 radical (unpaired) electrons. The van der Waals surface area contributed by atoms with Crippen LogP contribution in [-0.4, -0.2) is 0 Å². The van der Waals surface area contributed by atoms with Crippen LogP contribution >= 0.6 is 0 Å². The van der Waals surface area contributed by atoms with Crippen molar-refractivity contribution in [2.75, 3.05) is 0 Å². The highest BCUT2D eigenvalue weighted by Gasteiger charge is 2.20. The molecule has 52 heavy (non-hydrogen) atoms. The molecule has 0 aliphatic carbocycles. The highest BCUT2D eigenvalue weighted by atomic mass is 16.4. The SMILES string of the molecule is c1ccc(-c2ccc3oc4c(ccc5oc6ccc(-c7ccc8oc9ccc%10c%11cc(-c%12ccccc%12)ccc%11oc%10c9c8c7)cc6c54)c3c2)cc1. The molecule has 0 unspecified atom stereocenters. The highest BCUT2D eigenvalue weighted by Crippen LogP contribution is 2.44. The van der Waals surface area contributed by atoms with Crippen LogP contribution in [0.2, 0.25) is 0 Å². The molecule has 0 atom stereocenters. The molecule has 0 saturated heterocycles. The van der Waals surface area contributed by atoms with Gasteiger partial charge in [-0.2, -0.15) is 0 Å². The van der Waals surface area contributed by atoms with E-state index >= 15 is 0 Å². The van der Waals surface area contributed by atoms with Crippen LogP contribution < -0.4 is 0 Å². The van der Waals surface area contributed by atoms with E-state index in [0.717, 1.165) is 110 Å². The molecule has 4 heteroatoms. The molecule has 0 saturated carbocycles. The molecule has 4 nitrogen and oxygen atoms in total. The van der Waals surface area contributed by atoms with Crippen molar-refractivity contribution >= 4 is 87.8 Å². The zero-order valence-corrected chi connectivity index (χ0v) is 27.6. The van der Waals surface area contributed by atoms with Gasteiger partial charge in [-0.1, -0.05) is 84.9 Å². The quantitative estimate of drug-likeness (QED) is 0.188.